The van der Waals surface area contributed by atoms with Crippen molar-refractivity contribution in [2.75, 3.05) is 10.6 Å². The Hall–Kier alpha value is -3.61. The Kier molecular flexibility index (Phi) is 7.77. The van der Waals surface area contributed by atoms with Gasteiger partial charge in [-0.2, -0.15) is 0 Å². The van der Waals surface area contributed by atoms with Crippen LogP contribution in [-0.2, 0) is 9.53 Å². The monoisotopic (exact) mass is 381 g/mol. The predicted octanol–water partition coefficient (Wildman–Crippen LogP) is 4.54. The third-order valence-electron chi connectivity index (χ3n) is 3.89. The molecule has 0 saturated heterocycles. The highest BCUT2D eigenvalue weighted by molar-refractivity contribution is 6.01. The lowest BCUT2D eigenvalue weighted by Crippen LogP contribution is -2.19. The molecule has 0 aliphatic heterocycles. The molecule has 3 rings (SSSR count). The van der Waals surface area contributed by atoms with Crippen molar-refractivity contribution in [3.8, 4) is 5.75 Å². The number of carbonyl (C=O) groups is 2. The summed E-state index contributed by atoms with van der Waals surface area (Å²) in [5.41, 5.74) is 1.35. The number of nitrogens with zero attached hydrogens (tertiary/aromatic N) is 1. The highest BCUT2D eigenvalue weighted by Gasteiger charge is 2.05. The molecule has 1 aromatic heterocycles. The van der Waals surface area contributed by atoms with Gasteiger partial charge in [-0.3, -0.25) is 9.78 Å². The van der Waals surface area contributed by atoms with Crippen molar-refractivity contribution in [1.82, 2.24) is 4.98 Å². The molecule has 0 aliphatic rings. The average Bonchev–Trinajstić information content (AvgIpc) is 2.69. The Bertz CT molecular complexity index is 916. The van der Waals surface area contributed by atoms with Crippen LogP contribution < -0.4 is 10.6 Å². The molecule has 1 atom stereocenters. The molecule has 0 bridgehead atoms. The first-order chi connectivity index (χ1) is 13.5. The maximum absolute atomic E-state index is 11.9. The standard InChI is InChI=1S/C16H13N3O2.C5H10O2/c20-15-10-17-9-11-8-13(6-7-14(11)15)19-16(21)18-12-4-2-1-3-5-12;1-3-5(2)7-4-6/h1-10,20H,(H2,18,19,21);4-5H,3H2,1-2H3. The predicted molar refractivity (Wildman–Crippen MR) is 109 cm³/mol. The number of carbonyl (C=O) groups excluding carboxylic acids is 2. The fraction of sp³-hybridized carbons (Fsp3) is 0.190. The Labute approximate surface area is 163 Å². The second-order valence-electron chi connectivity index (χ2n) is 5.99. The summed E-state index contributed by atoms with van der Waals surface area (Å²) in [5, 5.41) is 16.6. The summed E-state index contributed by atoms with van der Waals surface area (Å²) >= 11 is 0. The normalized spacial score (nSPS) is 10.9. The van der Waals surface area contributed by atoms with E-state index in [1.54, 1.807) is 24.4 Å². The summed E-state index contributed by atoms with van der Waals surface area (Å²) in [7, 11) is 0. The molecule has 146 valence electrons. The number of pyridine rings is 1. The first-order valence-corrected chi connectivity index (χ1v) is 8.82. The van der Waals surface area contributed by atoms with Crippen LogP contribution in [0.5, 0.6) is 5.75 Å². The van der Waals surface area contributed by atoms with Crippen LogP contribution in [0.15, 0.2) is 60.9 Å². The van der Waals surface area contributed by atoms with Gasteiger partial charge >= 0.3 is 6.03 Å². The zero-order valence-electron chi connectivity index (χ0n) is 15.8. The molecule has 0 fully saturated rings. The number of rotatable bonds is 5. The van der Waals surface area contributed by atoms with Gasteiger partial charge in [0.1, 0.15) is 5.75 Å². The lowest BCUT2D eigenvalue weighted by molar-refractivity contribution is -0.132. The maximum Gasteiger partial charge on any atom is 0.323 e. The molecule has 0 spiro atoms. The van der Waals surface area contributed by atoms with Crippen molar-refractivity contribution >= 4 is 34.7 Å². The van der Waals surface area contributed by atoms with Gasteiger partial charge in [0.15, 0.2) is 0 Å². The van der Waals surface area contributed by atoms with Crippen LogP contribution in [0, 0.1) is 0 Å². The molecule has 0 saturated carbocycles. The van der Waals surface area contributed by atoms with E-state index in [-0.39, 0.29) is 17.9 Å². The first kappa shape index (κ1) is 20.7. The number of hydrogen-bond acceptors (Lipinski definition) is 5. The van der Waals surface area contributed by atoms with Gasteiger partial charge < -0.3 is 20.5 Å². The Morgan fingerprint density at radius 1 is 1.14 bits per heavy atom. The summed E-state index contributed by atoms with van der Waals surface area (Å²) in [5.74, 6) is 0.118. The topological polar surface area (TPSA) is 101 Å². The molecule has 0 radical (unpaired) electrons. The molecule has 2 aromatic carbocycles. The molecule has 1 heterocycles. The summed E-state index contributed by atoms with van der Waals surface area (Å²) in [6.07, 6.45) is 3.99. The minimum absolute atomic E-state index is 0.0810. The van der Waals surface area contributed by atoms with E-state index in [1.807, 2.05) is 44.2 Å². The highest BCUT2D eigenvalue weighted by atomic mass is 16.5. The summed E-state index contributed by atoms with van der Waals surface area (Å²) in [4.78, 5) is 25.4. The number of para-hydroxylation sites is 1. The molecular weight excluding hydrogens is 358 g/mol. The molecule has 2 amide bonds. The zero-order chi connectivity index (χ0) is 20.4. The number of aromatic nitrogens is 1. The average molecular weight is 381 g/mol. The first-order valence-electron chi connectivity index (χ1n) is 8.82. The van der Waals surface area contributed by atoms with Gasteiger partial charge in [0.05, 0.1) is 12.3 Å². The number of ether oxygens (including phenoxy) is 1. The van der Waals surface area contributed by atoms with E-state index in [9.17, 15) is 14.7 Å². The van der Waals surface area contributed by atoms with Crippen molar-refractivity contribution in [2.45, 2.75) is 26.4 Å². The number of amides is 2. The molecule has 3 aromatic rings. The van der Waals surface area contributed by atoms with E-state index in [4.69, 9.17) is 0 Å². The van der Waals surface area contributed by atoms with E-state index in [0.717, 1.165) is 17.5 Å². The van der Waals surface area contributed by atoms with E-state index in [2.05, 4.69) is 20.4 Å². The van der Waals surface area contributed by atoms with Gasteiger partial charge in [-0.05, 0) is 43.7 Å². The number of urea groups is 1. The number of fused-ring (bicyclic) bond motifs is 1. The van der Waals surface area contributed by atoms with E-state index < -0.39 is 0 Å². The van der Waals surface area contributed by atoms with Crippen molar-refractivity contribution in [3.63, 3.8) is 0 Å². The van der Waals surface area contributed by atoms with Gasteiger partial charge in [-0.15, -0.1) is 0 Å². The highest BCUT2D eigenvalue weighted by Crippen LogP contribution is 2.25. The third kappa shape index (κ3) is 6.28. The molecule has 1 unspecified atom stereocenters. The fourth-order valence-electron chi connectivity index (χ4n) is 2.24. The lowest BCUT2D eigenvalue weighted by atomic mass is 10.1. The van der Waals surface area contributed by atoms with Gasteiger partial charge in [-0.1, -0.05) is 25.1 Å². The number of aromatic hydroxyl groups is 1. The van der Waals surface area contributed by atoms with Gasteiger partial charge in [0, 0.05) is 28.3 Å². The molecule has 3 N–H and O–H groups in total. The second kappa shape index (κ2) is 10.5. The fourth-order valence-corrected chi connectivity index (χ4v) is 2.24. The summed E-state index contributed by atoms with van der Waals surface area (Å²) in [6.45, 7) is 4.30. The van der Waals surface area contributed by atoms with Gasteiger partial charge in [-0.25, -0.2) is 4.79 Å². The zero-order valence-corrected chi connectivity index (χ0v) is 15.8. The summed E-state index contributed by atoms with van der Waals surface area (Å²) < 4.78 is 4.51. The quantitative estimate of drug-likeness (QED) is 0.563. The molecule has 28 heavy (non-hydrogen) atoms. The van der Waals surface area contributed by atoms with Crippen LogP contribution >= 0.6 is 0 Å². The van der Waals surface area contributed by atoms with Crippen molar-refractivity contribution < 1.29 is 19.4 Å². The Morgan fingerprint density at radius 2 is 1.86 bits per heavy atom. The van der Waals surface area contributed by atoms with Crippen molar-refractivity contribution in [1.29, 1.82) is 0 Å². The van der Waals surface area contributed by atoms with Gasteiger partial charge in [0.25, 0.3) is 6.47 Å². The van der Waals surface area contributed by atoms with Crippen LogP contribution in [0.2, 0.25) is 0 Å². The number of nitrogens with one attached hydrogen (secondary N) is 2. The van der Waals surface area contributed by atoms with E-state index in [0.29, 0.717) is 17.5 Å². The Balaban J connectivity index is 0.000000345. The Morgan fingerprint density at radius 3 is 2.50 bits per heavy atom. The van der Waals surface area contributed by atoms with Crippen molar-refractivity contribution in [3.05, 3.63) is 60.9 Å². The summed E-state index contributed by atoms with van der Waals surface area (Å²) in [6, 6.07) is 14.1. The number of hydrogen-bond donors (Lipinski definition) is 3. The second-order valence-corrected chi connectivity index (χ2v) is 5.99. The molecule has 7 nitrogen and oxygen atoms in total. The van der Waals surface area contributed by atoms with Crippen LogP contribution in [0.3, 0.4) is 0 Å². The van der Waals surface area contributed by atoms with Crippen LogP contribution in [0.1, 0.15) is 20.3 Å². The smallest absolute Gasteiger partial charge is 0.323 e. The largest absolute Gasteiger partial charge is 0.506 e. The lowest BCUT2D eigenvalue weighted by Gasteiger charge is -2.08. The molecule has 7 heteroatoms. The van der Waals surface area contributed by atoms with Crippen LogP contribution in [0.25, 0.3) is 10.8 Å². The van der Waals surface area contributed by atoms with E-state index >= 15 is 0 Å². The maximum atomic E-state index is 11.9. The SMILES string of the molecule is CCC(C)OC=O.O=C(Nc1ccccc1)Nc1ccc2c(O)cncc2c1. The van der Waals surface area contributed by atoms with E-state index in [1.165, 1.54) is 6.20 Å². The number of anilines is 2. The van der Waals surface area contributed by atoms with Crippen LogP contribution in [-0.4, -0.2) is 28.7 Å². The van der Waals surface area contributed by atoms with Crippen LogP contribution in [0.4, 0.5) is 16.2 Å². The number of benzene rings is 2. The molecule has 0 aliphatic carbocycles. The molecular formula is C21H23N3O4. The van der Waals surface area contributed by atoms with Crippen molar-refractivity contribution in [2.24, 2.45) is 0 Å². The minimum atomic E-state index is -0.325. The third-order valence-corrected chi connectivity index (χ3v) is 3.89. The van der Waals surface area contributed by atoms with Gasteiger partial charge in [0.2, 0.25) is 0 Å². The minimum Gasteiger partial charge on any atom is -0.506 e.